The number of carboxylic acid groups (broad SMARTS) is 1. The Bertz CT molecular complexity index is 1250. The van der Waals surface area contributed by atoms with Crippen molar-refractivity contribution in [1.29, 1.82) is 0 Å². The van der Waals surface area contributed by atoms with Crippen LogP contribution >= 0.6 is 11.6 Å². The Morgan fingerprint density at radius 3 is 2.57 bits per heavy atom. The lowest BCUT2D eigenvalue weighted by Crippen LogP contribution is -2.30. The van der Waals surface area contributed by atoms with Crippen molar-refractivity contribution in [2.75, 3.05) is 5.32 Å². The monoisotopic (exact) mass is 494 g/mol. The molecule has 1 aliphatic rings. The van der Waals surface area contributed by atoms with Crippen molar-refractivity contribution in [2.45, 2.75) is 57.3 Å². The number of nitrogens with one attached hydrogen (secondary N) is 1. The third-order valence-electron chi connectivity index (χ3n) is 6.97. The van der Waals surface area contributed by atoms with Crippen molar-refractivity contribution >= 4 is 29.2 Å². The van der Waals surface area contributed by atoms with Crippen LogP contribution < -0.4 is 5.32 Å². The van der Waals surface area contributed by atoms with Crippen molar-refractivity contribution in [3.8, 4) is 11.1 Å². The van der Waals surface area contributed by atoms with E-state index in [1.165, 1.54) is 12.3 Å². The highest BCUT2D eigenvalue weighted by molar-refractivity contribution is 6.30. The minimum Gasteiger partial charge on any atom is -0.481 e. The Kier molecular flexibility index (Phi) is 7.51. The van der Waals surface area contributed by atoms with Crippen LogP contribution in [0.5, 0.6) is 0 Å². The minimum absolute atomic E-state index is 0.0296. The molecule has 1 aromatic heterocycles. The first-order chi connectivity index (χ1) is 16.8. The summed E-state index contributed by atoms with van der Waals surface area (Å²) >= 11 is 6.04. The summed E-state index contributed by atoms with van der Waals surface area (Å²) in [5.74, 6) is -1.36. The molecule has 5 nitrogen and oxygen atoms in total. The predicted molar refractivity (Wildman–Crippen MR) is 135 cm³/mol. The lowest BCUT2D eigenvalue weighted by molar-refractivity contribution is -0.137. The van der Waals surface area contributed by atoms with E-state index in [4.69, 9.17) is 16.7 Å². The fourth-order valence-corrected chi connectivity index (χ4v) is 5.29. The van der Waals surface area contributed by atoms with Gasteiger partial charge in [0.1, 0.15) is 5.82 Å². The number of carbonyl (C=O) groups excluding carboxylic acids is 1. The highest BCUT2D eigenvalue weighted by Gasteiger charge is 2.39. The summed E-state index contributed by atoms with van der Waals surface area (Å²) in [5, 5.41) is 12.5. The van der Waals surface area contributed by atoms with Crippen LogP contribution in [0.4, 0.5) is 10.1 Å². The molecule has 0 bridgehead atoms. The minimum atomic E-state index is -0.860. The number of rotatable bonds is 8. The van der Waals surface area contributed by atoms with Gasteiger partial charge in [0.05, 0.1) is 5.02 Å². The molecule has 0 aliphatic heterocycles. The van der Waals surface area contributed by atoms with Gasteiger partial charge in [0, 0.05) is 41.9 Å². The third kappa shape index (κ3) is 5.70. The SMILES string of the molecule is Cc1c(CCC(=O)O)cccc1NC(=O)CC1(c2ccc(-c3cncc(Cl)c3)cc2F)CCCC1. The van der Waals surface area contributed by atoms with E-state index >= 15 is 4.39 Å². The van der Waals surface area contributed by atoms with Crippen LogP contribution in [0.15, 0.2) is 54.9 Å². The molecule has 1 heterocycles. The maximum atomic E-state index is 15.4. The van der Waals surface area contributed by atoms with E-state index in [1.54, 1.807) is 18.3 Å². The standard InChI is InChI=1S/C28H28ClFN2O3/c1-18-19(8-10-27(34)35)5-4-6-25(18)32-26(33)15-28(11-2-3-12-28)23-9-7-20(14-24(23)30)21-13-22(29)17-31-16-21/h4-7,9,13-14,16-17H,2-3,8,10-12,15H2,1H3,(H,32,33)(H,34,35). The van der Waals surface area contributed by atoms with Gasteiger partial charge in [0.15, 0.2) is 0 Å². The number of anilines is 1. The molecule has 0 atom stereocenters. The number of carboxylic acids is 1. The molecule has 3 aromatic rings. The van der Waals surface area contributed by atoms with E-state index in [-0.39, 0.29) is 24.6 Å². The average Bonchev–Trinajstić information content (AvgIpc) is 3.28. The average molecular weight is 495 g/mol. The number of carbonyl (C=O) groups is 2. The first-order valence-corrected chi connectivity index (χ1v) is 12.2. The summed E-state index contributed by atoms with van der Waals surface area (Å²) in [5.41, 5.74) is 3.83. The van der Waals surface area contributed by atoms with E-state index < -0.39 is 11.4 Å². The Morgan fingerprint density at radius 1 is 1.11 bits per heavy atom. The molecular weight excluding hydrogens is 467 g/mol. The number of hydrogen-bond donors (Lipinski definition) is 2. The maximum absolute atomic E-state index is 15.4. The smallest absolute Gasteiger partial charge is 0.303 e. The number of nitrogens with zero attached hydrogens (tertiary/aromatic N) is 1. The first kappa shape index (κ1) is 24.9. The van der Waals surface area contributed by atoms with Gasteiger partial charge in [0.2, 0.25) is 5.91 Å². The summed E-state index contributed by atoms with van der Waals surface area (Å²) in [4.78, 5) is 28.2. The second kappa shape index (κ2) is 10.6. The number of aliphatic carboxylic acids is 1. The van der Waals surface area contributed by atoms with E-state index in [1.807, 2.05) is 31.2 Å². The van der Waals surface area contributed by atoms with Gasteiger partial charge in [-0.15, -0.1) is 0 Å². The zero-order valence-electron chi connectivity index (χ0n) is 19.6. The normalized spacial score (nSPS) is 14.6. The molecule has 1 aliphatic carbocycles. The summed E-state index contributed by atoms with van der Waals surface area (Å²) < 4.78 is 15.4. The number of hydrogen-bond acceptors (Lipinski definition) is 3. The van der Waals surface area contributed by atoms with Crippen LogP contribution in [0.1, 0.15) is 55.2 Å². The molecule has 1 amide bonds. The molecule has 2 N–H and O–H groups in total. The molecule has 0 unspecified atom stereocenters. The Hall–Kier alpha value is -3.25. The van der Waals surface area contributed by atoms with E-state index in [0.717, 1.165) is 42.4 Å². The number of aryl methyl sites for hydroxylation is 1. The van der Waals surface area contributed by atoms with Gasteiger partial charge in [-0.05, 0) is 66.6 Å². The van der Waals surface area contributed by atoms with Gasteiger partial charge in [0.25, 0.3) is 0 Å². The number of pyridine rings is 1. The number of halogens is 2. The number of amides is 1. The van der Waals surface area contributed by atoms with Crippen LogP contribution in [0.3, 0.4) is 0 Å². The molecule has 2 aromatic carbocycles. The summed E-state index contributed by atoms with van der Waals surface area (Å²) in [6.07, 6.45) is 7.15. The van der Waals surface area contributed by atoms with Crippen molar-refractivity contribution in [1.82, 2.24) is 4.98 Å². The molecule has 35 heavy (non-hydrogen) atoms. The zero-order valence-corrected chi connectivity index (χ0v) is 20.4. The first-order valence-electron chi connectivity index (χ1n) is 11.8. The fourth-order valence-electron chi connectivity index (χ4n) is 5.12. The van der Waals surface area contributed by atoms with Gasteiger partial charge >= 0.3 is 5.97 Å². The molecule has 0 saturated heterocycles. The second-order valence-electron chi connectivity index (χ2n) is 9.28. The van der Waals surface area contributed by atoms with Crippen LogP contribution in [0.2, 0.25) is 5.02 Å². The Morgan fingerprint density at radius 2 is 1.89 bits per heavy atom. The van der Waals surface area contributed by atoms with Crippen LogP contribution in [-0.2, 0) is 21.4 Å². The zero-order chi connectivity index (χ0) is 25.0. The van der Waals surface area contributed by atoms with Crippen molar-refractivity contribution < 1.29 is 19.1 Å². The molecule has 0 radical (unpaired) electrons. The van der Waals surface area contributed by atoms with Gasteiger partial charge in [-0.3, -0.25) is 14.6 Å². The van der Waals surface area contributed by atoms with Crippen LogP contribution in [-0.4, -0.2) is 22.0 Å². The van der Waals surface area contributed by atoms with Crippen molar-refractivity contribution in [3.63, 3.8) is 0 Å². The highest BCUT2D eigenvalue weighted by Crippen LogP contribution is 2.45. The quantitative estimate of drug-likeness (QED) is 0.365. The fraction of sp³-hybridized carbons (Fsp3) is 0.321. The molecule has 0 spiro atoms. The molecular formula is C28H28ClFN2O3. The Balaban J connectivity index is 1.55. The lowest BCUT2D eigenvalue weighted by Gasteiger charge is -2.30. The predicted octanol–water partition coefficient (Wildman–Crippen LogP) is 6.71. The van der Waals surface area contributed by atoms with Gasteiger partial charge in [-0.25, -0.2) is 4.39 Å². The van der Waals surface area contributed by atoms with Gasteiger partial charge in [-0.2, -0.15) is 0 Å². The summed E-state index contributed by atoms with van der Waals surface area (Å²) in [6, 6.07) is 12.4. The summed E-state index contributed by atoms with van der Waals surface area (Å²) in [7, 11) is 0. The van der Waals surface area contributed by atoms with E-state index in [9.17, 15) is 9.59 Å². The van der Waals surface area contributed by atoms with Crippen LogP contribution in [0.25, 0.3) is 11.1 Å². The molecule has 4 rings (SSSR count). The van der Waals surface area contributed by atoms with Gasteiger partial charge < -0.3 is 10.4 Å². The lowest BCUT2D eigenvalue weighted by atomic mass is 9.75. The highest BCUT2D eigenvalue weighted by atomic mass is 35.5. The topological polar surface area (TPSA) is 79.3 Å². The largest absolute Gasteiger partial charge is 0.481 e. The van der Waals surface area contributed by atoms with Gasteiger partial charge in [-0.1, -0.05) is 48.7 Å². The summed E-state index contributed by atoms with van der Waals surface area (Å²) in [6.45, 7) is 1.88. The van der Waals surface area contributed by atoms with Crippen LogP contribution in [0, 0.1) is 12.7 Å². The third-order valence-corrected chi connectivity index (χ3v) is 7.17. The van der Waals surface area contributed by atoms with E-state index in [2.05, 4.69) is 10.3 Å². The second-order valence-corrected chi connectivity index (χ2v) is 9.72. The number of benzene rings is 2. The Labute approximate surface area is 209 Å². The number of aromatic nitrogens is 1. The van der Waals surface area contributed by atoms with E-state index in [0.29, 0.717) is 28.3 Å². The van der Waals surface area contributed by atoms with Crippen molar-refractivity contribution in [3.05, 3.63) is 82.4 Å². The molecule has 7 heteroatoms. The molecule has 182 valence electrons. The molecule has 1 fully saturated rings. The van der Waals surface area contributed by atoms with Crippen molar-refractivity contribution in [2.24, 2.45) is 0 Å². The molecule has 1 saturated carbocycles. The maximum Gasteiger partial charge on any atom is 0.303 e.